The molecule has 3 heterocycles. The summed E-state index contributed by atoms with van der Waals surface area (Å²) < 4.78 is 2.05. The van der Waals surface area contributed by atoms with E-state index < -0.39 is 5.72 Å². The van der Waals surface area contributed by atoms with Crippen LogP contribution in [-0.2, 0) is 10.6 Å². The summed E-state index contributed by atoms with van der Waals surface area (Å²) in [5, 5.41) is 4.61. The van der Waals surface area contributed by atoms with Crippen LogP contribution in [0.3, 0.4) is 0 Å². The van der Waals surface area contributed by atoms with Crippen LogP contribution in [-0.4, -0.2) is 35.2 Å². The summed E-state index contributed by atoms with van der Waals surface area (Å²) >= 11 is 0. The van der Waals surface area contributed by atoms with Gasteiger partial charge in [0.15, 0.2) is 5.84 Å². The van der Waals surface area contributed by atoms with Gasteiger partial charge in [-0.3, -0.25) is 0 Å². The van der Waals surface area contributed by atoms with Crippen molar-refractivity contribution >= 4 is 20.3 Å². The van der Waals surface area contributed by atoms with Crippen molar-refractivity contribution < 1.29 is 4.84 Å². The Hall–Kier alpha value is -3.28. The lowest BCUT2D eigenvalue weighted by Gasteiger charge is -2.41. The predicted molar refractivity (Wildman–Crippen MR) is 139 cm³/mol. The van der Waals surface area contributed by atoms with Crippen molar-refractivity contribution in [2.75, 3.05) is 6.54 Å². The molecule has 2 aliphatic heterocycles. The molecule has 3 aromatic rings. The Balaban J connectivity index is 0.00000137. The minimum absolute atomic E-state index is 0. The van der Waals surface area contributed by atoms with Gasteiger partial charge in [-0.05, 0) is 67.9 Å². The van der Waals surface area contributed by atoms with Gasteiger partial charge in [-0.2, -0.15) is 0 Å². The number of aromatic nitrogens is 2. The van der Waals surface area contributed by atoms with Crippen LogP contribution in [0.1, 0.15) is 56.0 Å². The largest absolute Gasteiger partial charge is 0.360 e. The van der Waals surface area contributed by atoms with Crippen LogP contribution >= 0.6 is 0 Å². The van der Waals surface area contributed by atoms with E-state index in [0.717, 1.165) is 35.7 Å². The third kappa shape index (κ3) is 3.95. The van der Waals surface area contributed by atoms with E-state index in [4.69, 9.17) is 4.84 Å². The Kier molecular flexibility index (Phi) is 5.97. The van der Waals surface area contributed by atoms with Gasteiger partial charge in [-0.15, -0.1) is 0 Å². The van der Waals surface area contributed by atoms with Crippen LogP contribution < -0.4 is 0 Å². The van der Waals surface area contributed by atoms with Crippen molar-refractivity contribution in [3.05, 3.63) is 89.0 Å². The van der Waals surface area contributed by atoms with Gasteiger partial charge in [-0.25, -0.2) is 4.98 Å². The first-order valence-corrected chi connectivity index (χ1v) is 11.4. The molecule has 34 heavy (non-hydrogen) atoms. The fourth-order valence-electron chi connectivity index (χ4n) is 4.97. The Morgan fingerprint density at radius 2 is 1.71 bits per heavy atom. The third-order valence-electron chi connectivity index (χ3n) is 7.21. The SMILES string of the molecule is C.Cc1ccc(C2(C)ON=C3/C(=C/c4ccc(-n5cnc(C)c5)cc4)CC4(CC4)CN32)cc1.[B]. The van der Waals surface area contributed by atoms with Crippen LogP contribution in [0.2, 0.25) is 0 Å². The standard InChI is InChI=1S/C27H28N4O.CH4.B/c1-19-4-8-23(9-5-19)26(3)31-17-27(12-13-27)15-22(25(31)29-32-26)14-21-6-10-24(11-7-21)30-16-20(2)28-18-30;;/h4-11,14,16,18H,12-13,15,17H2,1-3H3;1H4;/b22-14+;;. The summed E-state index contributed by atoms with van der Waals surface area (Å²) in [5.74, 6) is 0.986. The zero-order chi connectivity index (χ0) is 21.9. The quantitative estimate of drug-likeness (QED) is 0.471. The number of piperidine rings is 1. The Morgan fingerprint density at radius 3 is 2.32 bits per heavy atom. The van der Waals surface area contributed by atoms with Crippen LogP contribution in [0.4, 0.5) is 0 Å². The molecular weight excluding hydrogens is 419 g/mol. The van der Waals surface area contributed by atoms with Crippen molar-refractivity contribution in [2.24, 2.45) is 10.6 Å². The molecule has 2 aromatic carbocycles. The lowest BCUT2D eigenvalue weighted by Crippen LogP contribution is -2.50. The van der Waals surface area contributed by atoms with E-state index in [1.54, 1.807) is 0 Å². The second-order valence-corrected chi connectivity index (χ2v) is 9.80. The molecule has 1 aromatic heterocycles. The molecule has 5 nitrogen and oxygen atoms in total. The Morgan fingerprint density at radius 1 is 1.00 bits per heavy atom. The first-order valence-electron chi connectivity index (χ1n) is 11.4. The van der Waals surface area contributed by atoms with E-state index in [0.29, 0.717) is 5.41 Å². The number of amidine groups is 1. The van der Waals surface area contributed by atoms with Gasteiger partial charge < -0.3 is 14.3 Å². The lowest BCUT2D eigenvalue weighted by molar-refractivity contribution is -0.0968. The van der Waals surface area contributed by atoms with E-state index in [1.165, 1.54) is 29.5 Å². The van der Waals surface area contributed by atoms with Gasteiger partial charge in [0, 0.05) is 39.3 Å². The third-order valence-corrected chi connectivity index (χ3v) is 7.21. The van der Waals surface area contributed by atoms with Crippen LogP contribution in [0.5, 0.6) is 0 Å². The molecule has 173 valence electrons. The minimum atomic E-state index is -0.554. The number of nitrogens with zero attached hydrogens (tertiary/aromatic N) is 4. The molecule has 1 atom stereocenters. The molecule has 6 heteroatoms. The second kappa shape index (κ2) is 8.50. The zero-order valence-electron chi connectivity index (χ0n) is 19.5. The maximum absolute atomic E-state index is 6.14. The number of aryl methyl sites for hydroxylation is 2. The van der Waals surface area contributed by atoms with Crippen molar-refractivity contribution in [1.29, 1.82) is 0 Å². The fraction of sp³-hybridized carbons (Fsp3) is 0.357. The average Bonchev–Trinajstić information content (AvgIpc) is 3.23. The first-order chi connectivity index (χ1) is 15.4. The van der Waals surface area contributed by atoms with Gasteiger partial charge in [-0.1, -0.05) is 54.5 Å². The molecule has 1 unspecified atom stereocenters. The number of hydrogen-bond acceptors (Lipinski definition) is 4. The molecule has 2 fully saturated rings. The summed E-state index contributed by atoms with van der Waals surface area (Å²) in [7, 11) is 0. The number of hydrogen-bond donors (Lipinski definition) is 0. The monoisotopic (exact) mass is 451 g/mol. The van der Waals surface area contributed by atoms with E-state index in [9.17, 15) is 0 Å². The maximum atomic E-state index is 6.14. The zero-order valence-corrected chi connectivity index (χ0v) is 19.5. The molecule has 0 bridgehead atoms. The van der Waals surface area contributed by atoms with Gasteiger partial charge in [0.25, 0.3) is 0 Å². The topological polar surface area (TPSA) is 42.6 Å². The average molecular weight is 451 g/mol. The normalized spacial score (nSPS) is 23.0. The predicted octanol–water partition coefficient (Wildman–Crippen LogP) is 5.83. The minimum Gasteiger partial charge on any atom is -0.360 e. The highest BCUT2D eigenvalue weighted by atomic mass is 16.7. The molecule has 3 aliphatic rings. The van der Waals surface area contributed by atoms with Crippen molar-refractivity contribution in [3.8, 4) is 5.69 Å². The van der Waals surface area contributed by atoms with Gasteiger partial charge in [0.1, 0.15) is 0 Å². The molecular formula is C28H32BN4O. The molecule has 1 saturated carbocycles. The molecule has 1 aliphatic carbocycles. The molecule has 1 saturated heterocycles. The number of rotatable bonds is 3. The Labute approximate surface area is 204 Å². The van der Waals surface area contributed by atoms with E-state index in [-0.39, 0.29) is 15.8 Å². The van der Waals surface area contributed by atoms with Gasteiger partial charge in [0.2, 0.25) is 5.72 Å². The van der Waals surface area contributed by atoms with Crippen LogP contribution in [0, 0.1) is 19.3 Å². The van der Waals surface area contributed by atoms with Gasteiger partial charge >= 0.3 is 0 Å². The highest BCUT2D eigenvalue weighted by Crippen LogP contribution is 2.57. The molecule has 3 radical (unpaired) electrons. The highest BCUT2D eigenvalue weighted by molar-refractivity contribution is 6.04. The number of oxime groups is 1. The summed E-state index contributed by atoms with van der Waals surface area (Å²) in [4.78, 5) is 12.9. The van der Waals surface area contributed by atoms with E-state index in [1.807, 2.05) is 19.4 Å². The number of fused-ring (bicyclic) bond motifs is 1. The smallest absolute Gasteiger partial charge is 0.234 e. The van der Waals surface area contributed by atoms with Gasteiger partial charge in [0.05, 0.1) is 12.0 Å². The summed E-state index contributed by atoms with van der Waals surface area (Å²) in [5.41, 5.74) is 6.80. The summed E-state index contributed by atoms with van der Waals surface area (Å²) in [6.07, 6.45) is 9.80. The van der Waals surface area contributed by atoms with Crippen molar-refractivity contribution in [1.82, 2.24) is 14.5 Å². The second-order valence-electron chi connectivity index (χ2n) is 9.80. The molecule has 6 rings (SSSR count). The summed E-state index contributed by atoms with van der Waals surface area (Å²) in [6.45, 7) is 7.28. The lowest BCUT2D eigenvalue weighted by atomic mass is 9.86. The highest BCUT2D eigenvalue weighted by Gasteiger charge is 2.56. The molecule has 0 N–H and O–H groups in total. The number of benzene rings is 2. The van der Waals surface area contributed by atoms with E-state index in [2.05, 4.69) is 88.1 Å². The molecule has 1 spiro atoms. The fourth-order valence-corrected chi connectivity index (χ4v) is 4.97. The maximum Gasteiger partial charge on any atom is 0.234 e. The van der Waals surface area contributed by atoms with E-state index >= 15 is 0 Å². The van der Waals surface area contributed by atoms with Crippen LogP contribution in [0.15, 0.2) is 71.8 Å². The Bertz CT molecular complexity index is 1240. The van der Waals surface area contributed by atoms with Crippen molar-refractivity contribution in [2.45, 2.75) is 53.2 Å². The molecule has 0 amide bonds. The van der Waals surface area contributed by atoms with Crippen molar-refractivity contribution in [3.63, 3.8) is 0 Å². The first kappa shape index (κ1) is 23.9. The summed E-state index contributed by atoms with van der Waals surface area (Å²) in [6, 6.07) is 17.3. The van der Waals surface area contributed by atoms with Crippen LogP contribution in [0.25, 0.3) is 11.8 Å². The number of imidazole rings is 1.